The van der Waals surface area contributed by atoms with Crippen molar-refractivity contribution in [3.8, 4) is 0 Å². The van der Waals surface area contributed by atoms with Crippen LogP contribution in [0.2, 0.25) is 0 Å². The summed E-state index contributed by atoms with van der Waals surface area (Å²) in [6.07, 6.45) is 4.77. The van der Waals surface area contributed by atoms with Crippen LogP contribution in [0.3, 0.4) is 0 Å². The van der Waals surface area contributed by atoms with Gasteiger partial charge in [-0.05, 0) is 42.7 Å². The number of aromatic nitrogens is 1. The molecule has 1 aromatic carbocycles. The lowest BCUT2D eigenvalue weighted by atomic mass is 9.86. The molecule has 1 aliphatic heterocycles. The van der Waals surface area contributed by atoms with E-state index in [-0.39, 0.29) is 5.91 Å². The molecule has 1 fully saturated rings. The van der Waals surface area contributed by atoms with Gasteiger partial charge in [-0.15, -0.1) is 0 Å². The van der Waals surface area contributed by atoms with Crippen LogP contribution in [0.15, 0.2) is 30.5 Å². The van der Waals surface area contributed by atoms with Gasteiger partial charge in [0.15, 0.2) is 0 Å². The Hall–Kier alpha value is -1.81. The first-order valence-electron chi connectivity index (χ1n) is 8.65. The van der Waals surface area contributed by atoms with Crippen LogP contribution in [-0.2, 0) is 11.2 Å². The highest BCUT2D eigenvalue weighted by atomic mass is 16.2. The molecule has 23 heavy (non-hydrogen) atoms. The van der Waals surface area contributed by atoms with Crippen molar-refractivity contribution in [2.24, 2.45) is 17.6 Å². The second-order valence-electron chi connectivity index (χ2n) is 7.08. The van der Waals surface area contributed by atoms with Crippen molar-refractivity contribution in [1.29, 1.82) is 0 Å². The molecule has 0 saturated carbocycles. The minimum atomic E-state index is -0.454. The summed E-state index contributed by atoms with van der Waals surface area (Å²) >= 11 is 0. The zero-order chi connectivity index (χ0) is 16.4. The van der Waals surface area contributed by atoms with Gasteiger partial charge >= 0.3 is 0 Å². The minimum Gasteiger partial charge on any atom is -0.361 e. The lowest BCUT2D eigenvalue weighted by molar-refractivity contribution is -0.134. The third-order valence-electron chi connectivity index (χ3n) is 5.23. The number of nitrogens with one attached hydrogen (secondary N) is 1. The zero-order valence-corrected chi connectivity index (χ0v) is 14.1. The summed E-state index contributed by atoms with van der Waals surface area (Å²) in [5.74, 6) is 1.54. The van der Waals surface area contributed by atoms with Crippen molar-refractivity contribution in [2.75, 3.05) is 13.1 Å². The van der Waals surface area contributed by atoms with Gasteiger partial charge in [-0.25, -0.2) is 0 Å². The molecule has 0 unspecified atom stereocenters. The van der Waals surface area contributed by atoms with Crippen molar-refractivity contribution < 1.29 is 4.79 Å². The first-order valence-corrected chi connectivity index (χ1v) is 8.65. The maximum absolute atomic E-state index is 12.6. The number of aromatic amines is 1. The Balaban J connectivity index is 1.62. The predicted octanol–water partition coefficient (Wildman–Crippen LogP) is 2.93. The molecule has 124 valence electrons. The average Bonchev–Trinajstić information content (AvgIpc) is 2.97. The van der Waals surface area contributed by atoms with Gasteiger partial charge in [-0.1, -0.05) is 32.0 Å². The highest BCUT2D eigenvalue weighted by Crippen LogP contribution is 2.25. The quantitative estimate of drug-likeness (QED) is 0.911. The number of hydrogen-bond donors (Lipinski definition) is 2. The SMILES string of the molecule is CC(C)C1CCN(C(=O)[C@@H](N)Cc2c[nH]c3ccccc23)CC1. The van der Waals surface area contributed by atoms with E-state index in [1.54, 1.807) is 0 Å². The first-order chi connectivity index (χ1) is 11.1. The standard InChI is InChI=1S/C19H27N3O/c1-13(2)14-7-9-22(10-8-14)19(23)17(20)11-15-12-21-18-6-4-3-5-16(15)18/h3-6,12-14,17,21H,7-11,20H2,1-2H3/t17-/m0/s1. The molecular formula is C19H27N3O. The van der Waals surface area contributed by atoms with E-state index in [4.69, 9.17) is 5.73 Å². The fraction of sp³-hybridized carbons (Fsp3) is 0.526. The normalized spacial score (nSPS) is 17.8. The number of para-hydroxylation sites is 1. The monoisotopic (exact) mass is 313 g/mol. The summed E-state index contributed by atoms with van der Waals surface area (Å²) in [7, 11) is 0. The molecule has 2 heterocycles. The maximum Gasteiger partial charge on any atom is 0.239 e. The summed E-state index contributed by atoms with van der Waals surface area (Å²) in [6, 6.07) is 7.69. The number of nitrogens with zero attached hydrogens (tertiary/aromatic N) is 1. The van der Waals surface area contributed by atoms with E-state index >= 15 is 0 Å². The molecule has 1 aromatic heterocycles. The Bertz CT molecular complexity index is 668. The van der Waals surface area contributed by atoms with Crippen LogP contribution in [0, 0.1) is 11.8 Å². The smallest absolute Gasteiger partial charge is 0.239 e. The minimum absolute atomic E-state index is 0.0949. The second kappa shape index (κ2) is 6.75. The molecule has 0 bridgehead atoms. The summed E-state index contributed by atoms with van der Waals surface area (Å²) in [5.41, 5.74) is 8.44. The van der Waals surface area contributed by atoms with E-state index in [0.717, 1.165) is 48.3 Å². The maximum atomic E-state index is 12.6. The zero-order valence-electron chi connectivity index (χ0n) is 14.1. The number of likely N-dealkylation sites (tertiary alicyclic amines) is 1. The van der Waals surface area contributed by atoms with E-state index in [1.807, 2.05) is 29.3 Å². The Kier molecular flexibility index (Phi) is 4.71. The molecule has 0 radical (unpaired) electrons. The second-order valence-corrected chi connectivity index (χ2v) is 7.08. The van der Waals surface area contributed by atoms with Crippen LogP contribution in [0.4, 0.5) is 0 Å². The van der Waals surface area contributed by atoms with Crippen LogP contribution in [0.25, 0.3) is 10.9 Å². The molecule has 1 aliphatic rings. The fourth-order valence-corrected chi connectivity index (χ4v) is 3.65. The highest BCUT2D eigenvalue weighted by molar-refractivity contribution is 5.86. The number of amides is 1. The fourth-order valence-electron chi connectivity index (χ4n) is 3.65. The van der Waals surface area contributed by atoms with Gasteiger partial charge < -0.3 is 15.6 Å². The molecule has 0 spiro atoms. The largest absolute Gasteiger partial charge is 0.361 e. The summed E-state index contributed by atoms with van der Waals surface area (Å²) < 4.78 is 0. The predicted molar refractivity (Wildman–Crippen MR) is 94.1 cm³/mol. The van der Waals surface area contributed by atoms with Crippen molar-refractivity contribution in [2.45, 2.75) is 39.2 Å². The number of hydrogen-bond acceptors (Lipinski definition) is 2. The summed E-state index contributed by atoms with van der Waals surface area (Å²) in [6.45, 7) is 6.24. The van der Waals surface area contributed by atoms with Gasteiger partial charge in [0.25, 0.3) is 0 Å². The molecule has 3 N–H and O–H groups in total. The van der Waals surface area contributed by atoms with Crippen LogP contribution >= 0.6 is 0 Å². The Morgan fingerprint density at radius 2 is 2.00 bits per heavy atom. The van der Waals surface area contributed by atoms with Crippen molar-refractivity contribution >= 4 is 16.8 Å². The number of rotatable bonds is 4. The van der Waals surface area contributed by atoms with Gasteiger partial charge in [0.1, 0.15) is 0 Å². The van der Waals surface area contributed by atoms with E-state index in [9.17, 15) is 4.79 Å². The van der Waals surface area contributed by atoms with E-state index in [1.165, 1.54) is 0 Å². The molecule has 4 nitrogen and oxygen atoms in total. The van der Waals surface area contributed by atoms with Crippen LogP contribution in [-0.4, -0.2) is 34.9 Å². The molecule has 1 amide bonds. The lowest BCUT2D eigenvalue weighted by Crippen LogP contribution is -2.48. The van der Waals surface area contributed by atoms with Crippen molar-refractivity contribution in [3.05, 3.63) is 36.0 Å². The van der Waals surface area contributed by atoms with Crippen molar-refractivity contribution in [1.82, 2.24) is 9.88 Å². The molecule has 0 aliphatic carbocycles. The number of benzene rings is 1. The third-order valence-corrected chi connectivity index (χ3v) is 5.23. The number of carbonyl (C=O) groups is 1. The number of piperidine rings is 1. The number of fused-ring (bicyclic) bond motifs is 1. The molecule has 1 atom stereocenters. The molecule has 4 heteroatoms. The number of H-pyrrole nitrogens is 1. The lowest BCUT2D eigenvalue weighted by Gasteiger charge is -2.35. The molecule has 1 saturated heterocycles. The third kappa shape index (κ3) is 3.42. The average molecular weight is 313 g/mol. The van der Waals surface area contributed by atoms with Crippen LogP contribution in [0.1, 0.15) is 32.3 Å². The van der Waals surface area contributed by atoms with Gasteiger partial charge in [0.05, 0.1) is 6.04 Å². The molecular weight excluding hydrogens is 286 g/mol. The molecule has 2 aromatic rings. The van der Waals surface area contributed by atoms with E-state index < -0.39 is 6.04 Å². The topological polar surface area (TPSA) is 62.1 Å². The van der Waals surface area contributed by atoms with Gasteiger partial charge in [-0.3, -0.25) is 4.79 Å². The Morgan fingerprint density at radius 3 is 2.70 bits per heavy atom. The van der Waals surface area contributed by atoms with E-state index in [2.05, 4.69) is 24.9 Å². The summed E-state index contributed by atoms with van der Waals surface area (Å²) in [4.78, 5) is 17.8. The van der Waals surface area contributed by atoms with Crippen LogP contribution < -0.4 is 5.73 Å². The highest BCUT2D eigenvalue weighted by Gasteiger charge is 2.27. The summed E-state index contributed by atoms with van der Waals surface area (Å²) in [5, 5.41) is 1.16. The number of nitrogens with two attached hydrogens (primary N) is 1. The van der Waals surface area contributed by atoms with Crippen molar-refractivity contribution in [3.63, 3.8) is 0 Å². The Labute approximate surface area is 138 Å². The first kappa shape index (κ1) is 16.1. The van der Waals surface area contributed by atoms with Gasteiger partial charge in [0.2, 0.25) is 5.91 Å². The van der Waals surface area contributed by atoms with Gasteiger partial charge in [0, 0.05) is 30.2 Å². The number of carbonyl (C=O) groups excluding carboxylic acids is 1. The van der Waals surface area contributed by atoms with Gasteiger partial charge in [-0.2, -0.15) is 0 Å². The molecule has 3 rings (SSSR count). The van der Waals surface area contributed by atoms with Crippen LogP contribution in [0.5, 0.6) is 0 Å². The Morgan fingerprint density at radius 1 is 1.30 bits per heavy atom. The van der Waals surface area contributed by atoms with E-state index in [0.29, 0.717) is 12.3 Å².